The highest BCUT2D eigenvalue weighted by molar-refractivity contribution is 5.87. The molecule has 10 nitrogen and oxygen atoms in total. The monoisotopic (exact) mass is 324 g/mol. The van der Waals surface area contributed by atoms with Gasteiger partial charge in [0, 0.05) is 25.1 Å². The van der Waals surface area contributed by atoms with Gasteiger partial charge in [-0.15, -0.1) is 0 Å². The number of H-pyrrole nitrogens is 2. The molecule has 0 saturated carbocycles. The Balaban J connectivity index is 0.000000168. The Hall–Kier alpha value is -3.04. The molecule has 0 bridgehead atoms. The molecule has 3 heterocycles. The molecule has 0 atom stereocenters. The first-order valence-corrected chi connectivity index (χ1v) is 6.90. The highest BCUT2D eigenvalue weighted by Gasteiger charge is 2.16. The van der Waals surface area contributed by atoms with Crippen LogP contribution in [0, 0.1) is 0 Å². The first kappa shape index (κ1) is 16.3. The second-order valence-electron chi connectivity index (χ2n) is 4.49. The minimum absolute atomic E-state index is 0.0481. The Morgan fingerprint density at radius 1 is 1.43 bits per heavy atom. The maximum Gasteiger partial charge on any atom is 0.356 e. The number of ether oxygens (including phenoxy) is 2. The summed E-state index contributed by atoms with van der Waals surface area (Å²) in [5.41, 5.74) is -0.142. The number of fused-ring (bicyclic) bond motifs is 1. The number of carbonyl (C=O) groups is 2. The molecular formula is C13H16N4O6. The quantitative estimate of drug-likeness (QED) is 0.687. The Morgan fingerprint density at radius 3 is 2.78 bits per heavy atom. The van der Waals surface area contributed by atoms with Crippen LogP contribution in [0.2, 0.25) is 0 Å². The van der Waals surface area contributed by atoms with Gasteiger partial charge in [0.2, 0.25) is 5.88 Å². The number of carbonyl (C=O) groups excluding carboxylic acids is 1. The minimum atomic E-state index is -1.01. The Kier molecular flexibility index (Phi) is 5.18. The fourth-order valence-electron chi connectivity index (χ4n) is 1.82. The van der Waals surface area contributed by atoms with Gasteiger partial charge in [-0.25, -0.2) is 14.3 Å². The summed E-state index contributed by atoms with van der Waals surface area (Å²) in [7, 11) is 0. The molecule has 2 aromatic rings. The normalized spacial score (nSPS) is 12.4. The summed E-state index contributed by atoms with van der Waals surface area (Å²) in [6.45, 7) is 3.38. The molecule has 124 valence electrons. The number of nitrogens with zero attached hydrogens (tertiary/aromatic N) is 2. The molecule has 3 N–H and O–H groups in total. The molecule has 0 aliphatic carbocycles. The van der Waals surface area contributed by atoms with Crippen LogP contribution in [0.4, 0.5) is 0 Å². The summed E-state index contributed by atoms with van der Waals surface area (Å²) < 4.78 is 11.4. The van der Waals surface area contributed by atoms with Crippen molar-refractivity contribution < 1.29 is 24.2 Å². The molecule has 0 radical (unpaired) electrons. The minimum Gasteiger partial charge on any atom is -0.478 e. The van der Waals surface area contributed by atoms with Crippen molar-refractivity contribution in [2.75, 3.05) is 13.2 Å². The maximum atomic E-state index is 10.8. The third-order valence-electron chi connectivity index (χ3n) is 2.82. The second kappa shape index (κ2) is 7.29. The van der Waals surface area contributed by atoms with Crippen LogP contribution in [0.5, 0.6) is 5.88 Å². The van der Waals surface area contributed by atoms with Crippen molar-refractivity contribution in [2.24, 2.45) is 0 Å². The van der Waals surface area contributed by atoms with Gasteiger partial charge in [0.15, 0.2) is 5.69 Å². The van der Waals surface area contributed by atoms with Crippen molar-refractivity contribution in [1.29, 1.82) is 0 Å². The van der Waals surface area contributed by atoms with Crippen LogP contribution in [-0.4, -0.2) is 50.2 Å². The Morgan fingerprint density at radius 2 is 2.22 bits per heavy atom. The van der Waals surface area contributed by atoms with E-state index in [1.807, 2.05) is 0 Å². The van der Waals surface area contributed by atoms with Gasteiger partial charge < -0.3 is 14.6 Å². The zero-order valence-electron chi connectivity index (χ0n) is 12.4. The molecular weight excluding hydrogens is 308 g/mol. The van der Waals surface area contributed by atoms with Crippen LogP contribution < -0.4 is 10.3 Å². The van der Waals surface area contributed by atoms with Crippen molar-refractivity contribution in [3.8, 4) is 5.88 Å². The number of hydrogen-bond acceptors (Lipinski definition) is 6. The van der Waals surface area contributed by atoms with Gasteiger partial charge in [0.25, 0.3) is 5.56 Å². The summed E-state index contributed by atoms with van der Waals surface area (Å²) in [6.07, 6.45) is 0.883. The largest absolute Gasteiger partial charge is 0.478 e. The highest BCUT2D eigenvalue weighted by Crippen LogP contribution is 2.17. The predicted molar refractivity (Wildman–Crippen MR) is 76.7 cm³/mol. The number of aryl methyl sites for hydroxylation is 1. The Bertz CT molecular complexity index is 720. The maximum absolute atomic E-state index is 10.8. The van der Waals surface area contributed by atoms with Crippen molar-refractivity contribution >= 4 is 11.9 Å². The van der Waals surface area contributed by atoms with Crippen molar-refractivity contribution in [3.05, 3.63) is 33.9 Å². The predicted octanol–water partition coefficient (Wildman–Crippen LogP) is 0.243. The number of rotatable bonds is 3. The van der Waals surface area contributed by atoms with E-state index in [0.29, 0.717) is 19.1 Å². The smallest absolute Gasteiger partial charge is 0.356 e. The number of carboxylic acids is 1. The molecule has 0 spiro atoms. The van der Waals surface area contributed by atoms with E-state index in [1.165, 1.54) is 6.07 Å². The Labute approximate surface area is 130 Å². The van der Waals surface area contributed by atoms with Crippen LogP contribution in [0.25, 0.3) is 0 Å². The number of hydrogen-bond donors (Lipinski definition) is 3. The molecule has 23 heavy (non-hydrogen) atoms. The molecule has 10 heteroatoms. The van der Waals surface area contributed by atoms with E-state index >= 15 is 0 Å². The summed E-state index contributed by atoms with van der Waals surface area (Å²) in [4.78, 5) is 31.8. The molecule has 0 unspecified atom stereocenters. The van der Waals surface area contributed by atoms with E-state index in [-0.39, 0.29) is 16.9 Å². The highest BCUT2D eigenvalue weighted by atomic mass is 16.5. The fourth-order valence-corrected chi connectivity index (χ4v) is 1.82. The van der Waals surface area contributed by atoms with Crippen molar-refractivity contribution in [2.45, 2.75) is 19.9 Å². The van der Waals surface area contributed by atoms with Gasteiger partial charge in [-0.3, -0.25) is 15.0 Å². The van der Waals surface area contributed by atoms with Gasteiger partial charge in [-0.05, 0) is 6.92 Å². The average Bonchev–Trinajstić information content (AvgIpc) is 3.14. The summed E-state index contributed by atoms with van der Waals surface area (Å²) in [5.74, 6) is -0.981. The van der Waals surface area contributed by atoms with Gasteiger partial charge in [0.05, 0.1) is 13.2 Å². The van der Waals surface area contributed by atoms with E-state index < -0.39 is 11.9 Å². The molecule has 1 aliphatic rings. The molecule has 0 aromatic carbocycles. The lowest BCUT2D eigenvalue weighted by Gasteiger charge is -2.13. The molecule has 0 fully saturated rings. The fraction of sp³-hybridized carbons (Fsp3) is 0.385. The number of esters is 1. The van der Waals surface area contributed by atoms with E-state index in [0.717, 1.165) is 19.0 Å². The summed E-state index contributed by atoms with van der Waals surface area (Å²) >= 11 is 0. The molecule has 1 aliphatic heterocycles. The number of carboxylic acid groups (broad SMARTS) is 1. The first-order valence-electron chi connectivity index (χ1n) is 6.90. The zero-order chi connectivity index (χ0) is 16.8. The topological polar surface area (TPSA) is 139 Å². The molecule has 0 amide bonds. The standard InChI is InChI=1S/C7H8N2O3.C6H8N2O3/c10-7(11)5-4-6-9(8-5)2-1-3-12-6;1-2-11-6(10)4-3-5(9)8-7-4/h4H,1-3H2,(H,10,11);3H,2H2,1H3,(H2,7,8,9). The van der Waals surface area contributed by atoms with Crippen LogP contribution >= 0.6 is 0 Å². The lowest BCUT2D eigenvalue weighted by Crippen LogP contribution is -2.14. The SMILES string of the molecule is CCOC(=O)c1cc(=O)[nH][nH]1.O=C(O)c1cc2n(n1)CCCO2. The third kappa shape index (κ3) is 4.22. The lowest BCUT2D eigenvalue weighted by atomic mass is 10.4. The van der Waals surface area contributed by atoms with E-state index in [2.05, 4.69) is 20.0 Å². The number of nitrogens with one attached hydrogen (secondary N) is 2. The van der Waals surface area contributed by atoms with Gasteiger partial charge >= 0.3 is 11.9 Å². The third-order valence-corrected chi connectivity index (χ3v) is 2.82. The van der Waals surface area contributed by atoms with Crippen LogP contribution in [0.1, 0.15) is 34.3 Å². The van der Waals surface area contributed by atoms with Gasteiger partial charge in [-0.2, -0.15) is 5.10 Å². The average molecular weight is 324 g/mol. The number of aromatic amines is 2. The van der Waals surface area contributed by atoms with E-state index in [4.69, 9.17) is 9.84 Å². The lowest BCUT2D eigenvalue weighted by molar-refractivity contribution is 0.0519. The second-order valence-corrected chi connectivity index (χ2v) is 4.49. The van der Waals surface area contributed by atoms with E-state index in [9.17, 15) is 14.4 Å². The molecule has 3 rings (SSSR count). The summed E-state index contributed by atoms with van der Waals surface area (Å²) in [6, 6.07) is 2.60. The van der Waals surface area contributed by atoms with Crippen LogP contribution in [0.3, 0.4) is 0 Å². The van der Waals surface area contributed by atoms with E-state index in [1.54, 1.807) is 11.6 Å². The zero-order valence-corrected chi connectivity index (χ0v) is 12.4. The summed E-state index contributed by atoms with van der Waals surface area (Å²) in [5, 5.41) is 17.0. The van der Waals surface area contributed by atoms with Crippen molar-refractivity contribution in [1.82, 2.24) is 20.0 Å². The van der Waals surface area contributed by atoms with Crippen LogP contribution in [-0.2, 0) is 11.3 Å². The van der Waals surface area contributed by atoms with Gasteiger partial charge in [0.1, 0.15) is 5.69 Å². The first-order chi connectivity index (χ1) is 11.0. The van der Waals surface area contributed by atoms with Gasteiger partial charge in [-0.1, -0.05) is 0 Å². The molecule has 0 saturated heterocycles. The number of aromatic carboxylic acids is 1. The van der Waals surface area contributed by atoms with Crippen LogP contribution in [0.15, 0.2) is 16.9 Å². The number of aromatic nitrogens is 4. The molecule has 2 aromatic heterocycles. The van der Waals surface area contributed by atoms with Crippen molar-refractivity contribution in [3.63, 3.8) is 0 Å².